The molecule has 0 saturated carbocycles. The molecule has 1 amide bonds. The SMILES string of the molecule is CC(=O)C(COP(=O)(OC(C)(C)C)OC(C)(C)C)NC(=O)OC(C)(C)C. The molecular weight excluding hydrogens is 361 g/mol. The molecule has 1 unspecified atom stereocenters. The van der Waals surface area contributed by atoms with E-state index in [2.05, 4.69) is 5.32 Å². The Balaban J connectivity index is 5.16. The lowest BCUT2D eigenvalue weighted by Gasteiger charge is -2.31. The molecule has 0 bridgehead atoms. The summed E-state index contributed by atoms with van der Waals surface area (Å²) in [5, 5.41) is 2.40. The summed E-state index contributed by atoms with van der Waals surface area (Å²) in [5.74, 6) is -0.381. The maximum Gasteiger partial charge on any atom is 0.475 e. The minimum Gasteiger partial charge on any atom is -0.444 e. The van der Waals surface area contributed by atoms with Gasteiger partial charge in [0.2, 0.25) is 0 Å². The fourth-order valence-corrected chi connectivity index (χ4v) is 3.43. The molecule has 0 aliphatic carbocycles. The lowest BCUT2D eigenvalue weighted by atomic mass is 10.2. The third kappa shape index (κ3) is 12.4. The molecule has 0 spiro atoms. The zero-order valence-corrected chi connectivity index (χ0v) is 18.5. The highest BCUT2D eigenvalue weighted by Gasteiger charge is 2.38. The topological polar surface area (TPSA) is 100 Å². The number of ketones is 1. The molecular formula is C17H34NO7P. The molecule has 9 heteroatoms. The number of hydrogen-bond donors (Lipinski definition) is 1. The Morgan fingerprint density at radius 2 is 1.31 bits per heavy atom. The number of carbonyl (C=O) groups is 2. The summed E-state index contributed by atoms with van der Waals surface area (Å²) in [6.07, 6.45) is -0.774. The molecule has 0 aliphatic rings. The Labute approximate surface area is 156 Å². The molecule has 0 aliphatic heterocycles. The van der Waals surface area contributed by atoms with E-state index in [0.717, 1.165) is 0 Å². The van der Waals surface area contributed by atoms with Gasteiger partial charge in [-0.3, -0.25) is 18.4 Å². The molecule has 0 aromatic heterocycles. The van der Waals surface area contributed by atoms with Crippen LogP contribution in [0.3, 0.4) is 0 Å². The zero-order valence-electron chi connectivity index (χ0n) is 17.6. The van der Waals surface area contributed by atoms with Crippen LogP contribution in [0.2, 0.25) is 0 Å². The van der Waals surface area contributed by atoms with Crippen LogP contribution in [-0.2, 0) is 27.7 Å². The number of ether oxygens (including phenoxy) is 1. The molecule has 26 heavy (non-hydrogen) atoms. The van der Waals surface area contributed by atoms with Gasteiger partial charge in [0.1, 0.15) is 11.6 Å². The van der Waals surface area contributed by atoms with Crippen molar-refractivity contribution in [2.75, 3.05) is 6.61 Å². The molecule has 0 saturated heterocycles. The number of alkyl carbamates (subject to hydrolysis) is 1. The maximum atomic E-state index is 13.0. The number of rotatable bonds is 7. The second-order valence-corrected chi connectivity index (χ2v) is 10.5. The van der Waals surface area contributed by atoms with Gasteiger partial charge in [-0.05, 0) is 69.2 Å². The van der Waals surface area contributed by atoms with E-state index in [1.165, 1.54) is 6.92 Å². The lowest BCUT2D eigenvalue weighted by Crippen LogP contribution is -2.45. The van der Waals surface area contributed by atoms with Crippen LogP contribution in [0, 0.1) is 0 Å². The fourth-order valence-electron chi connectivity index (χ4n) is 1.62. The van der Waals surface area contributed by atoms with Crippen LogP contribution >= 0.6 is 7.82 Å². The number of phosphoric ester groups is 1. The number of nitrogens with one attached hydrogen (secondary N) is 1. The number of amides is 1. The van der Waals surface area contributed by atoms with Gasteiger partial charge < -0.3 is 10.1 Å². The average Bonchev–Trinajstić information content (AvgIpc) is 2.26. The molecule has 1 N–H and O–H groups in total. The quantitative estimate of drug-likeness (QED) is 0.644. The fraction of sp³-hybridized carbons (Fsp3) is 0.882. The van der Waals surface area contributed by atoms with Crippen LogP contribution in [0.15, 0.2) is 0 Å². The Morgan fingerprint density at radius 1 is 0.885 bits per heavy atom. The average molecular weight is 395 g/mol. The van der Waals surface area contributed by atoms with Crippen LogP contribution in [0.1, 0.15) is 69.2 Å². The molecule has 1 atom stereocenters. The smallest absolute Gasteiger partial charge is 0.444 e. The van der Waals surface area contributed by atoms with Crippen molar-refractivity contribution in [1.29, 1.82) is 0 Å². The van der Waals surface area contributed by atoms with Crippen molar-refractivity contribution in [3.63, 3.8) is 0 Å². The van der Waals surface area contributed by atoms with E-state index in [9.17, 15) is 14.2 Å². The van der Waals surface area contributed by atoms with Crippen LogP contribution in [0.5, 0.6) is 0 Å². The van der Waals surface area contributed by atoms with Gasteiger partial charge in [0, 0.05) is 0 Å². The second kappa shape index (κ2) is 8.83. The summed E-state index contributed by atoms with van der Waals surface area (Å²) in [5.41, 5.74) is -2.32. The molecule has 0 fully saturated rings. The van der Waals surface area contributed by atoms with E-state index < -0.39 is 36.8 Å². The molecule has 0 rings (SSSR count). The number of Topliss-reactive ketones (excluding diaryl/α,β-unsaturated/α-hetero) is 1. The minimum atomic E-state index is -3.98. The van der Waals surface area contributed by atoms with Gasteiger partial charge in [-0.1, -0.05) is 0 Å². The van der Waals surface area contributed by atoms with Crippen molar-refractivity contribution in [3.05, 3.63) is 0 Å². The highest BCUT2D eigenvalue weighted by atomic mass is 31.2. The van der Waals surface area contributed by atoms with E-state index in [4.69, 9.17) is 18.3 Å². The Bertz CT molecular complexity index is 521. The van der Waals surface area contributed by atoms with Crippen molar-refractivity contribution in [3.8, 4) is 0 Å². The largest absolute Gasteiger partial charge is 0.475 e. The van der Waals surface area contributed by atoms with Gasteiger partial charge in [0.05, 0.1) is 17.8 Å². The van der Waals surface area contributed by atoms with E-state index in [1.807, 2.05) is 0 Å². The van der Waals surface area contributed by atoms with Gasteiger partial charge in [0.15, 0.2) is 5.78 Å². The Hall–Kier alpha value is -0.950. The van der Waals surface area contributed by atoms with Crippen molar-refractivity contribution in [2.45, 2.75) is 92.1 Å². The first kappa shape index (κ1) is 25.1. The van der Waals surface area contributed by atoms with Crippen molar-refractivity contribution < 1.29 is 32.5 Å². The van der Waals surface area contributed by atoms with E-state index in [1.54, 1.807) is 62.3 Å². The maximum absolute atomic E-state index is 13.0. The van der Waals surface area contributed by atoms with E-state index in [-0.39, 0.29) is 12.4 Å². The standard InChI is InChI=1S/C17H34NO7P/c1-12(19)13(18-14(20)23-15(2,3)4)11-22-26(21,24-16(5,6)7)25-17(8,9)10/h13H,11H2,1-10H3,(H,18,20). The predicted molar refractivity (Wildman–Crippen MR) is 99.1 cm³/mol. The Morgan fingerprint density at radius 3 is 1.62 bits per heavy atom. The van der Waals surface area contributed by atoms with Gasteiger partial charge in [-0.2, -0.15) is 0 Å². The molecule has 0 aromatic rings. The highest BCUT2D eigenvalue weighted by molar-refractivity contribution is 7.48. The van der Waals surface area contributed by atoms with Crippen LogP contribution < -0.4 is 5.32 Å². The van der Waals surface area contributed by atoms with E-state index >= 15 is 0 Å². The molecule has 0 heterocycles. The van der Waals surface area contributed by atoms with Gasteiger partial charge >= 0.3 is 13.9 Å². The summed E-state index contributed by atoms with van der Waals surface area (Å²) in [4.78, 5) is 23.7. The number of phosphoric acid groups is 1. The van der Waals surface area contributed by atoms with Gasteiger partial charge in [0.25, 0.3) is 0 Å². The first-order chi connectivity index (χ1) is 11.3. The highest BCUT2D eigenvalue weighted by Crippen LogP contribution is 2.55. The summed E-state index contributed by atoms with van der Waals surface area (Å²) in [6.45, 7) is 16.2. The minimum absolute atomic E-state index is 0.377. The second-order valence-electron chi connectivity index (χ2n) is 8.96. The molecule has 154 valence electrons. The van der Waals surface area contributed by atoms with Gasteiger partial charge in [-0.15, -0.1) is 0 Å². The first-order valence-electron chi connectivity index (χ1n) is 8.48. The van der Waals surface area contributed by atoms with Crippen molar-refractivity contribution in [2.24, 2.45) is 0 Å². The molecule has 0 radical (unpaired) electrons. The predicted octanol–water partition coefficient (Wildman–Crippen LogP) is 4.22. The normalized spacial score (nSPS) is 14.7. The summed E-state index contributed by atoms with van der Waals surface area (Å²) in [7, 11) is -3.98. The van der Waals surface area contributed by atoms with E-state index in [0.29, 0.717) is 0 Å². The Kier molecular flexibility index (Phi) is 8.50. The lowest BCUT2D eigenvalue weighted by molar-refractivity contribution is -0.119. The van der Waals surface area contributed by atoms with Crippen LogP contribution in [-0.4, -0.2) is 41.3 Å². The third-order valence-electron chi connectivity index (χ3n) is 2.35. The molecule has 0 aromatic carbocycles. The summed E-state index contributed by atoms with van der Waals surface area (Å²) >= 11 is 0. The summed E-state index contributed by atoms with van der Waals surface area (Å²) in [6, 6.07) is -1.05. The first-order valence-corrected chi connectivity index (χ1v) is 9.94. The summed E-state index contributed by atoms with van der Waals surface area (Å²) < 4.78 is 34.4. The monoisotopic (exact) mass is 395 g/mol. The number of hydrogen-bond acceptors (Lipinski definition) is 7. The zero-order chi connectivity index (χ0) is 21.0. The van der Waals surface area contributed by atoms with Gasteiger partial charge in [-0.25, -0.2) is 9.36 Å². The molecule has 8 nitrogen and oxygen atoms in total. The van der Waals surface area contributed by atoms with Crippen molar-refractivity contribution in [1.82, 2.24) is 5.32 Å². The number of carbonyl (C=O) groups excluding carboxylic acids is 2. The van der Waals surface area contributed by atoms with Crippen LogP contribution in [0.25, 0.3) is 0 Å². The van der Waals surface area contributed by atoms with Crippen LogP contribution in [0.4, 0.5) is 4.79 Å². The third-order valence-corrected chi connectivity index (χ3v) is 4.36. The van der Waals surface area contributed by atoms with Crippen molar-refractivity contribution >= 4 is 19.7 Å².